The van der Waals surface area contributed by atoms with E-state index in [2.05, 4.69) is 49.6 Å². The van der Waals surface area contributed by atoms with Gasteiger partial charge in [0.05, 0.1) is 11.7 Å². The van der Waals surface area contributed by atoms with Gasteiger partial charge in [0.1, 0.15) is 11.6 Å². The van der Waals surface area contributed by atoms with Gasteiger partial charge in [-0.15, -0.1) is 0 Å². The van der Waals surface area contributed by atoms with Crippen LogP contribution in [0.1, 0.15) is 5.76 Å². The predicted molar refractivity (Wildman–Crippen MR) is 110 cm³/mol. The number of furan rings is 1. The van der Waals surface area contributed by atoms with E-state index in [1.165, 1.54) is 0 Å². The maximum atomic E-state index is 5.76. The molecule has 2 heterocycles. The first-order valence-electron chi connectivity index (χ1n) is 7.89. The summed E-state index contributed by atoms with van der Waals surface area (Å²) in [6, 6.07) is 21.6. The van der Waals surface area contributed by atoms with E-state index >= 15 is 0 Å². The molecular weight excluding hydrogens is 414 g/mol. The minimum Gasteiger partial charge on any atom is -0.444 e. The second-order valence-corrected chi connectivity index (χ2v) is 6.88. The molecule has 4 rings (SSSR count). The van der Waals surface area contributed by atoms with Crippen LogP contribution in [-0.2, 0) is 0 Å². The van der Waals surface area contributed by atoms with Crippen LogP contribution < -0.4 is 5.43 Å². The molecule has 4 nitrogen and oxygen atoms in total. The third kappa shape index (κ3) is 3.64. The Kier molecular flexibility index (Phi) is 4.73. The number of hydrogen-bond acceptors (Lipinski definition) is 4. The van der Waals surface area contributed by atoms with Crippen molar-refractivity contribution in [2.24, 2.45) is 5.10 Å². The Bertz CT molecular complexity index is 1090. The van der Waals surface area contributed by atoms with Crippen LogP contribution >= 0.6 is 27.5 Å². The lowest BCUT2D eigenvalue weighted by atomic mass is 10.0. The van der Waals surface area contributed by atoms with Gasteiger partial charge in [0.15, 0.2) is 5.22 Å². The van der Waals surface area contributed by atoms with Crippen molar-refractivity contribution in [2.75, 3.05) is 5.43 Å². The minimum absolute atomic E-state index is 0.326. The zero-order valence-electron chi connectivity index (χ0n) is 13.5. The molecule has 0 spiro atoms. The van der Waals surface area contributed by atoms with Crippen molar-refractivity contribution >= 4 is 50.5 Å². The molecule has 0 amide bonds. The summed E-state index contributed by atoms with van der Waals surface area (Å²) in [6.07, 6.45) is 1.56. The number of nitrogens with one attached hydrogen (secondary N) is 1. The van der Waals surface area contributed by atoms with Crippen LogP contribution in [0.4, 0.5) is 5.82 Å². The fourth-order valence-electron chi connectivity index (χ4n) is 2.67. The maximum Gasteiger partial charge on any atom is 0.193 e. The lowest BCUT2D eigenvalue weighted by molar-refractivity contribution is 0.562. The highest BCUT2D eigenvalue weighted by atomic mass is 79.9. The molecular formula is C20H13BrClN3O. The summed E-state index contributed by atoms with van der Waals surface area (Å²) in [5.41, 5.74) is 6.04. The van der Waals surface area contributed by atoms with Crippen molar-refractivity contribution in [3.8, 4) is 11.1 Å². The molecule has 0 unspecified atom stereocenters. The van der Waals surface area contributed by atoms with Crippen molar-refractivity contribution in [2.45, 2.75) is 0 Å². The predicted octanol–water partition coefficient (Wildman–Crippen LogP) is 6.36. The molecule has 0 fully saturated rings. The van der Waals surface area contributed by atoms with Crippen molar-refractivity contribution in [3.05, 3.63) is 82.2 Å². The minimum atomic E-state index is 0.326. The molecule has 128 valence electrons. The van der Waals surface area contributed by atoms with Crippen LogP contribution in [0.5, 0.6) is 0 Å². The Hall–Kier alpha value is -2.63. The normalized spacial score (nSPS) is 11.3. The van der Waals surface area contributed by atoms with Crippen LogP contribution in [0, 0.1) is 0 Å². The van der Waals surface area contributed by atoms with Gasteiger partial charge in [-0.1, -0.05) is 46.3 Å². The molecule has 2 aromatic heterocycles. The van der Waals surface area contributed by atoms with Gasteiger partial charge in [0.25, 0.3) is 0 Å². The van der Waals surface area contributed by atoms with Gasteiger partial charge < -0.3 is 4.42 Å². The number of aromatic nitrogens is 1. The molecule has 0 aliphatic heterocycles. The van der Waals surface area contributed by atoms with E-state index in [4.69, 9.17) is 16.0 Å². The highest BCUT2D eigenvalue weighted by Gasteiger charge is 2.08. The van der Waals surface area contributed by atoms with Gasteiger partial charge in [-0.05, 0) is 59.1 Å². The van der Waals surface area contributed by atoms with E-state index in [0.29, 0.717) is 16.8 Å². The lowest BCUT2D eigenvalue weighted by Gasteiger charge is -2.10. The number of benzene rings is 2. The molecule has 6 heteroatoms. The molecule has 26 heavy (non-hydrogen) atoms. The monoisotopic (exact) mass is 425 g/mol. The van der Waals surface area contributed by atoms with Crippen LogP contribution in [0.3, 0.4) is 0 Å². The number of pyridine rings is 1. The molecule has 0 atom stereocenters. The summed E-state index contributed by atoms with van der Waals surface area (Å²) in [5.74, 6) is 1.21. The van der Waals surface area contributed by atoms with Crippen molar-refractivity contribution in [1.82, 2.24) is 4.98 Å². The summed E-state index contributed by atoms with van der Waals surface area (Å²) in [5, 5.41) is 5.58. The van der Waals surface area contributed by atoms with Gasteiger partial charge >= 0.3 is 0 Å². The van der Waals surface area contributed by atoms with E-state index in [9.17, 15) is 0 Å². The molecule has 0 saturated heterocycles. The molecule has 0 bridgehead atoms. The van der Waals surface area contributed by atoms with Gasteiger partial charge in [0, 0.05) is 9.86 Å². The van der Waals surface area contributed by atoms with Crippen LogP contribution in [0.15, 0.2) is 80.7 Å². The smallest absolute Gasteiger partial charge is 0.193 e. The number of hydrazone groups is 1. The second-order valence-electron chi connectivity index (χ2n) is 5.59. The summed E-state index contributed by atoms with van der Waals surface area (Å²) < 4.78 is 6.26. The van der Waals surface area contributed by atoms with Gasteiger partial charge in [-0.2, -0.15) is 5.10 Å². The zero-order valence-corrected chi connectivity index (χ0v) is 15.8. The maximum absolute atomic E-state index is 5.76. The van der Waals surface area contributed by atoms with Crippen LogP contribution in [0.25, 0.3) is 22.0 Å². The zero-order chi connectivity index (χ0) is 17.9. The van der Waals surface area contributed by atoms with E-state index < -0.39 is 0 Å². The topological polar surface area (TPSA) is 50.4 Å². The Morgan fingerprint density at radius 3 is 2.65 bits per heavy atom. The lowest BCUT2D eigenvalue weighted by Crippen LogP contribution is -1.95. The van der Waals surface area contributed by atoms with E-state index in [0.717, 1.165) is 26.5 Å². The Labute approximate surface area is 163 Å². The quantitative estimate of drug-likeness (QED) is 0.305. The standard InChI is InChI=1S/C20H13BrClN3O/c21-14-6-8-18-17(10-14)16(13-4-2-1-3-5-13)11-20(24-18)25-23-12-15-7-9-19(22)26-15/h1-12H,(H,24,25)/b23-12-. The number of halogens is 2. The molecule has 0 aliphatic carbocycles. The average molecular weight is 427 g/mol. The average Bonchev–Trinajstić information content (AvgIpc) is 3.07. The van der Waals surface area contributed by atoms with E-state index in [-0.39, 0.29) is 0 Å². The molecule has 1 N–H and O–H groups in total. The number of nitrogens with zero attached hydrogens (tertiary/aromatic N) is 2. The van der Waals surface area contributed by atoms with Gasteiger partial charge in [-0.25, -0.2) is 4.98 Å². The van der Waals surface area contributed by atoms with Gasteiger partial charge in [0.2, 0.25) is 0 Å². The number of hydrogen-bond donors (Lipinski definition) is 1. The fourth-order valence-corrected chi connectivity index (χ4v) is 3.18. The highest BCUT2D eigenvalue weighted by molar-refractivity contribution is 9.10. The molecule has 4 aromatic rings. The first-order valence-corrected chi connectivity index (χ1v) is 9.06. The Morgan fingerprint density at radius 2 is 1.88 bits per heavy atom. The second kappa shape index (κ2) is 7.32. The summed E-state index contributed by atoms with van der Waals surface area (Å²) in [6.45, 7) is 0. The molecule has 0 aliphatic rings. The highest BCUT2D eigenvalue weighted by Crippen LogP contribution is 2.32. The first-order chi connectivity index (χ1) is 12.7. The fraction of sp³-hybridized carbons (Fsp3) is 0. The SMILES string of the molecule is Clc1ccc(/C=N\Nc2cc(-c3ccccc3)c3cc(Br)ccc3n2)o1. The third-order valence-electron chi connectivity index (χ3n) is 3.82. The van der Waals surface area contributed by atoms with Crippen LogP contribution in [-0.4, -0.2) is 11.2 Å². The molecule has 0 radical (unpaired) electrons. The summed E-state index contributed by atoms with van der Waals surface area (Å²) in [4.78, 5) is 4.64. The largest absolute Gasteiger partial charge is 0.444 e. The first kappa shape index (κ1) is 16.8. The van der Waals surface area contributed by atoms with Crippen molar-refractivity contribution in [1.29, 1.82) is 0 Å². The van der Waals surface area contributed by atoms with Gasteiger partial charge in [-0.3, -0.25) is 5.43 Å². The molecule has 2 aromatic carbocycles. The van der Waals surface area contributed by atoms with Crippen LogP contribution in [0.2, 0.25) is 5.22 Å². The number of rotatable bonds is 4. The number of fused-ring (bicyclic) bond motifs is 1. The van der Waals surface area contributed by atoms with Crippen molar-refractivity contribution in [3.63, 3.8) is 0 Å². The Balaban J connectivity index is 1.74. The summed E-state index contributed by atoms with van der Waals surface area (Å²) >= 11 is 9.30. The third-order valence-corrected chi connectivity index (χ3v) is 4.52. The van der Waals surface area contributed by atoms with E-state index in [1.807, 2.05) is 36.4 Å². The summed E-state index contributed by atoms with van der Waals surface area (Å²) in [7, 11) is 0. The number of anilines is 1. The Morgan fingerprint density at radius 1 is 1.04 bits per heavy atom. The van der Waals surface area contributed by atoms with E-state index in [1.54, 1.807) is 18.3 Å². The van der Waals surface area contributed by atoms with Crippen molar-refractivity contribution < 1.29 is 4.42 Å². The molecule has 0 saturated carbocycles.